The van der Waals surface area contributed by atoms with E-state index in [0.29, 0.717) is 24.8 Å². The Morgan fingerprint density at radius 3 is 2.57 bits per heavy atom. The van der Waals surface area contributed by atoms with Crippen LogP contribution in [0, 0.1) is 24.4 Å². The van der Waals surface area contributed by atoms with Crippen molar-refractivity contribution in [2.75, 3.05) is 11.9 Å². The van der Waals surface area contributed by atoms with Crippen LogP contribution in [0.4, 0.5) is 18.9 Å². The van der Waals surface area contributed by atoms with Crippen LogP contribution in [-0.4, -0.2) is 24.6 Å². The largest absolute Gasteiger partial charge is 0.494 e. The molecule has 2 rings (SSSR count). The number of carbonyl (C=O) groups is 2. The van der Waals surface area contributed by atoms with Gasteiger partial charge in [-0.3, -0.25) is 9.59 Å². The monoisotopic (exact) mass is 395 g/mol. The third-order valence-corrected chi connectivity index (χ3v) is 3.75. The third-order valence-electron chi connectivity index (χ3n) is 3.75. The number of esters is 1. The van der Waals surface area contributed by atoms with Crippen LogP contribution < -0.4 is 10.1 Å². The van der Waals surface area contributed by atoms with Crippen LogP contribution in [0.15, 0.2) is 36.4 Å². The summed E-state index contributed by atoms with van der Waals surface area (Å²) in [7, 11) is 0. The third kappa shape index (κ3) is 6.00. The molecule has 0 saturated heterocycles. The summed E-state index contributed by atoms with van der Waals surface area (Å²) in [6, 6.07) is 9.01. The van der Waals surface area contributed by atoms with Gasteiger partial charge < -0.3 is 14.8 Å². The second-order valence-corrected chi connectivity index (χ2v) is 6.11. The fourth-order valence-corrected chi connectivity index (χ4v) is 2.28. The number of rotatable bonds is 8. The van der Waals surface area contributed by atoms with Gasteiger partial charge in [-0.15, -0.1) is 0 Å². The molecular formula is C20H20F3NO4. The lowest BCUT2D eigenvalue weighted by molar-refractivity contribution is -0.153. The second-order valence-electron chi connectivity index (χ2n) is 6.11. The Labute approximate surface area is 160 Å². The molecule has 0 aliphatic rings. The zero-order valence-corrected chi connectivity index (χ0v) is 15.4. The van der Waals surface area contributed by atoms with Crippen LogP contribution in [0.5, 0.6) is 5.75 Å². The first-order valence-corrected chi connectivity index (χ1v) is 8.61. The first-order chi connectivity index (χ1) is 13.3. The van der Waals surface area contributed by atoms with Gasteiger partial charge in [-0.2, -0.15) is 0 Å². The highest BCUT2D eigenvalue weighted by Crippen LogP contribution is 2.20. The van der Waals surface area contributed by atoms with Gasteiger partial charge in [0, 0.05) is 6.42 Å². The van der Waals surface area contributed by atoms with Crippen LogP contribution in [0.25, 0.3) is 0 Å². The number of halogens is 3. The van der Waals surface area contributed by atoms with Crippen molar-refractivity contribution >= 4 is 17.6 Å². The molecule has 0 fully saturated rings. The predicted octanol–water partition coefficient (Wildman–Crippen LogP) is 4.14. The Hall–Kier alpha value is -3.03. The number of anilines is 1. The number of hydrogen-bond acceptors (Lipinski definition) is 4. The molecule has 28 heavy (non-hydrogen) atoms. The van der Waals surface area contributed by atoms with Crippen molar-refractivity contribution in [3.63, 3.8) is 0 Å². The molecule has 0 aromatic heterocycles. The number of carbonyl (C=O) groups excluding carboxylic acids is 2. The van der Waals surface area contributed by atoms with Crippen LogP contribution in [-0.2, 0) is 14.3 Å². The lowest BCUT2D eigenvalue weighted by Gasteiger charge is -2.14. The van der Waals surface area contributed by atoms with Crippen molar-refractivity contribution in [2.24, 2.45) is 0 Å². The summed E-state index contributed by atoms with van der Waals surface area (Å²) in [5.41, 5.74) is 0.507. The summed E-state index contributed by atoms with van der Waals surface area (Å²) in [4.78, 5) is 23.7. The van der Waals surface area contributed by atoms with E-state index in [4.69, 9.17) is 9.47 Å². The first kappa shape index (κ1) is 21.3. The number of amides is 1. The summed E-state index contributed by atoms with van der Waals surface area (Å²) in [5, 5.41) is 2.05. The van der Waals surface area contributed by atoms with Gasteiger partial charge in [0.05, 0.1) is 12.3 Å². The van der Waals surface area contributed by atoms with E-state index in [0.717, 1.165) is 11.6 Å². The first-order valence-electron chi connectivity index (χ1n) is 8.61. The molecule has 0 spiro atoms. The van der Waals surface area contributed by atoms with E-state index in [1.165, 1.54) is 6.92 Å². The van der Waals surface area contributed by atoms with Crippen molar-refractivity contribution in [1.29, 1.82) is 0 Å². The van der Waals surface area contributed by atoms with Crippen LogP contribution in [0.2, 0.25) is 0 Å². The molecule has 0 aliphatic carbocycles. The summed E-state index contributed by atoms with van der Waals surface area (Å²) in [6.07, 6.45) is -0.847. The molecule has 150 valence electrons. The van der Waals surface area contributed by atoms with E-state index in [1.807, 2.05) is 25.1 Å². The van der Waals surface area contributed by atoms with E-state index < -0.39 is 41.1 Å². The van der Waals surface area contributed by atoms with E-state index in [1.54, 1.807) is 6.07 Å². The maximum absolute atomic E-state index is 13.6. The molecule has 0 heterocycles. The van der Waals surface area contributed by atoms with Gasteiger partial charge in [-0.25, -0.2) is 13.2 Å². The molecule has 5 nitrogen and oxygen atoms in total. The molecule has 2 aromatic rings. The van der Waals surface area contributed by atoms with Crippen molar-refractivity contribution in [3.8, 4) is 5.75 Å². The van der Waals surface area contributed by atoms with Crippen molar-refractivity contribution in [2.45, 2.75) is 32.8 Å². The molecular weight excluding hydrogens is 375 g/mol. The molecule has 0 radical (unpaired) electrons. The lowest BCUT2D eigenvalue weighted by Crippen LogP contribution is -2.30. The highest BCUT2D eigenvalue weighted by Gasteiger charge is 2.21. The van der Waals surface area contributed by atoms with Gasteiger partial charge in [0.2, 0.25) is 0 Å². The van der Waals surface area contributed by atoms with Crippen LogP contribution in [0.1, 0.15) is 25.3 Å². The molecule has 8 heteroatoms. The topological polar surface area (TPSA) is 64.6 Å². The highest BCUT2D eigenvalue weighted by atomic mass is 19.2. The Balaban J connectivity index is 1.75. The lowest BCUT2D eigenvalue weighted by atomic mass is 10.2. The summed E-state index contributed by atoms with van der Waals surface area (Å²) < 4.78 is 50.1. The van der Waals surface area contributed by atoms with E-state index in [9.17, 15) is 22.8 Å². The summed E-state index contributed by atoms with van der Waals surface area (Å²) >= 11 is 0. The molecule has 1 atom stereocenters. The van der Waals surface area contributed by atoms with Gasteiger partial charge in [0.15, 0.2) is 23.6 Å². The quantitative estimate of drug-likeness (QED) is 0.415. The number of ether oxygens (including phenoxy) is 2. The van der Waals surface area contributed by atoms with Gasteiger partial charge in [-0.1, -0.05) is 12.1 Å². The Bertz CT molecular complexity index is 857. The number of aryl methyl sites for hydroxylation is 1. The number of nitrogens with one attached hydrogen (secondary N) is 1. The average Bonchev–Trinajstić information content (AvgIpc) is 2.65. The second kappa shape index (κ2) is 9.77. The van der Waals surface area contributed by atoms with E-state index in [-0.39, 0.29) is 6.42 Å². The van der Waals surface area contributed by atoms with E-state index >= 15 is 0 Å². The molecule has 0 saturated carbocycles. The van der Waals surface area contributed by atoms with Crippen molar-refractivity contribution in [3.05, 3.63) is 59.4 Å². The maximum atomic E-state index is 13.6. The Kier molecular flexibility index (Phi) is 7.43. The van der Waals surface area contributed by atoms with Gasteiger partial charge in [0.1, 0.15) is 5.75 Å². The van der Waals surface area contributed by atoms with Crippen molar-refractivity contribution < 1.29 is 32.2 Å². The summed E-state index contributed by atoms with van der Waals surface area (Å²) in [5.74, 6) is -5.41. The maximum Gasteiger partial charge on any atom is 0.306 e. The van der Waals surface area contributed by atoms with Crippen LogP contribution in [0.3, 0.4) is 0 Å². The van der Waals surface area contributed by atoms with E-state index in [2.05, 4.69) is 5.32 Å². The minimum Gasteiger partial charge on any atom is -0.494 e. The molecule has 0 bridgehead atoms. The van der Waals surface area contributed by atoms with Gasteiger partial charge in [0.25, 0.3) is 5.91 Å². The molecule has 0 unspecified atom stereocenters. The minimum atomic E-state index is -1.70. The molecule has 0 aliphatic heterocycles. The zero-order chi connectivity index (χ0) is 20.7. The number of hydrogen-bond donors (Lipinski definition) is 1. The fourth-order valence-electron chi connectivity index (χ4n) is 2.28. The fraction of sp³-hybridized carbons (Fsp3) is 0.300. The smallest absolute Gasteiger partial charge is 0.306 e. The van der Waals surface area contributed by atoms with Gasteiger partial charge in [-0.05, 0) is 50.1 Å². The Morgan fingerprint density at radius 1 is 1.11 bits per heavy atom. The van der Waals surface area contributed by atoms with Gasteiger partial charge >= 0.3 is 5.97 Å². The highest BCUT2D eigenvalue weighted by molar-refractivity contribution is 5.95. The normalized spacial score (nSPS) is 11.6. The number of benzene rings is 2. The van der Waals surface area contributed by atoms with Crippen molar-refractivity contribution in [1.82, 2.24) is 0 Å². The molecule has 1 amide bonds. The molecule has 1 N–H and O–H groups in total. The van der Waals surface area contributed by atoms with Crippen LogP contribution >= 0.6 is 0 Å². The minimum absolute atomic E-state index is 0.0168. The predicted molar refractivity (Wildman–Crippen MR) is 96.4 cm³/mol. The average molecular weight is 395 g/mol. The molecule has 2 aromatic carbocycles. The summed E-state index contributed by atoms with van der Waals surface area (Å²) in [6.45, 7) is 3.51. The zero-order valence-electron chi connectivity index (χ0n) is 15.4. The Morgan fingerprint density at radius 2 is 1.86 bits per heavy atom. The standard InChI is InChI=1S/C20H20F3NO4/c1-12-5-3-6-14(11-12)27-10-4-7-17(25)28-13(2)20(26)24-16-9-8-15(21)18(22)19(16)23/h3,5-6,8-9,11,13H,4,7,10H2,1-2H3,(H,24,26)/t13-/m0/s1. The SMILES string of the molecule is Cc1cccc(OCCCC(=O)O[C@@H](C)C(=O)Nc2ccc(F)c(F)c2F)c1.